The molecule has 11 heteroatoms. The number of carbonyl (C=O) groups excluding carboxylic acids is 2. The zero-order chi connectivity index (χ0) is 25.4. The van der Waals surface area contributed by atoms with Crippen LogP contribution >= 0.6 is 11.6 Å². The highest BCUT2D eigenvalue weighted by atomic mass is 35.5. The Bertz CT molecular complexity index is 1400. The van der Waals surface area contributed by atoms with Gasteiger partial charge in [0.1, 0.15) is 6.54 Å². The van der Waals surface area contributed by atoms with E-state index in [4.69, 9.17) is 11.6 Å². The second-order valence-electron chi connectivity index (χ2n) is 7.84. The molecule has 35 heavy (non-hydrogen) atoms. The third-order valence-electron chi connectivity index (χ3n) is 5.54. The molecule has 182 valence electrons. The minimum Gasteiger partial charge on any atom is -0.323 e. The largest absolute Gasteiger partial charge is 0.416 e. The van der Waals surface area contributed by atoms with Gasteiger partial charge in [-0.15, -0.1) is 0 Å². The first-order chi connectivity index (χ1) is 16.5. The second kappa shape index (κ2) is 9.35. The highest BCUT2D eigenvalue weighted by Crippen LogP contribution is 2.40. The van der Waals surface area contributed by atoms with Gasteiger partial charge in [-0.1, -0.05) is 54.1 Å². The van der Waals surface area contributed by atoms with E-state index in [-0.39, 0.29) is 21.3 Å². The summed E-state index contributed by atoms with van der Waals surface area (Å²) in [5, 5.41) is 1.00. The third kappa shape index (κ3) is 5.03. The minimum atomic E-state index is -4.65. The lowest BCUT2D eigenvalue weighted by molar-refractivity contribution is -0.137. The summed E-state index contributed by atoms with van der Waals surface area (Å²) >= 11 is 5.95. The maximum Gasteiger partial charge on any atom is 0.416 e. The SMILES string of the molecule is O=C(CN1C(=O)CC(c2ccccc2)S(=O)(=O)c2ccccc21)Nc1cc(C(F)(F)F)ccc1Cl. The number of rotatable bonds is 4. The fraction of sp³-hybridized carbons (Fsp3) is 0.167. The summed E-state index contributed by atoms with van der Waals surface area (Å²) in [7, 11) is -4.00. The summed E-state index contributed by atoms with van der Waals surface area (Å²) < 4.78 is 66.1. The van der Waals surface area contributed by atoms with Gasteiger partial charge in [-0.05, 0) is 35.9 Å². The second-order valence-corrected chi connectivity index (χ2v) is 10.3. The van der Waals surface area contributed by atoms with Gasteiger partial charge in [0.05, 0.1) is 32.1 Å². The Balaban J connectivity index is 1.67. The Hall–Kier alpha value is -3.37. The number of amides is 2. The van der Waals surface area contributed by atoms with Crippen molar-refractivity contribution in [2.24, 2.45) is 0 Å². The highest BCUT2D eigenvalue weighted by Gasteiger charge is 2.40. The number of benzene rings is 3. The van der Waals surface area contributed by atoms with Crippen molar-refractivity contribution in [1.29, 1.82) is 0 Å². The molecule has 1 heterocycles. The van der Waals surface area contributed by atoms with Gasteiger partial charge in [-0.3, -0.25) is 9.59 Å². The Labute approximate surface area is 204 Å². The zero-order valence-corrected chi connectivity index (χ0v) is 19.5. The first-order valence-corrected chi connectivity index (χ1v) is 12.3. The highest BCUT2D eigenvalue weighted by molar-refractivity contribution is 7.92. The fourth-order valence-corrected chi connectivity index (χ4v) is 5.94. The van der Waals surface area contributed by atoms with E-state index in [0.717, 1.165) is 17.0 Å². The molecule has 0 bridgehead atoms. The molecule has 1 unspecified atom stereocenters. The summed E-state index contributed by atoms with van der Waals surface area (Å²) in [5.74, 6) is -1.47. The van der Waals surface area contributed by atoms with E-state index in [0.29, 0.717) is 11.6 Å². The van der Waals surface area contributed by atoms with Gasteiger partial charge in [0.2, 0.25) is 11.8 Å². The lowest BCUT2D eigenvalue weighted by Crippen LogP contribution is -2.38. The van der Waals surface area contributed by atoms with E-state index in [1.54, 1.807) is 30.3 Å². The van der Waals surface area contributed by atoms with Crippen molar-refractivity contribution >= 4 is 44.6 Å². The molecule has 0 saturated heterocycles. The molecular weight excluding hydrogens is 505 g/mol. The molecule has 1 atom stereocenters. The summed E-state index contributed by atoms with van der Waals surface area (Å²) in [5.41, 5.74) is -0.846. The quantitative estimate of drug-likeness (QED) is 0.507. The first kappa shape index (κ1) is 24.7. The number of para-hydroxylation sites is 1. The molecule has 0 saturated carbocycles. The van der Waals surface area contributed by atoms with Gasteiger partial charge in [0.15, 0.2) is 9.84 Å². The van der Waals surface area contributed by atoms with Crippen LogP contribution in [0.2, 0.25) is 5.02 Å². The molecule has 6 nitrogen and oxygen atoms in total. The molecule has 0 aliphatic carbocycles. The van der Waals surface area contributed by atoms with Crippen LogP contribution in [0, 0.1) is 0 Å². The number of hydrogen-bond acceptors (Lipinski definition) is 4. The van der Waals surface area contributed by atoms with Crippen LogP contribution < -0.4 is 10.2 Å². The van der Waals surface area contributed by atoms with E-state index in [2.05, 4.69) is 5.32 Å². The Morgan fingerprint density at radius 3 is 2.37 bits per heavy atom. The molecule has 3 aromatic rings. The maximum absolute atomic E-state index is 13.5. The first-order valence-electron chi connectivity index (χ1n) is 10.3. The predicted octanol–water partition coefficient (Wildman–Crippen LogP) is 5.25. The molecule has 0 spiro atoms. The van der Waals surface area contributed by atoms with Crippen molar-refractivity contribution < 1.29 is 31.2 Å². The Morgan fingerprint density at radius 2 is 1.69 bits per heavy atom. The molecule has 0 radical (unpaired) electrons. The molecule has 1 N–H and O–H groups in total. The van der Waals surface area contributed by atoms with Crippen molar-refractivity contribution in [2.75, 3.05) is 16.8 Å². The molecule has 1 aliphatic rings. The molecule has 2 amide bonds. The lowest BCUT2D eigenvalue weighted by atomic mass is 10.1. The smallest absolute Gasteiger partial charge is 0.323 e. The van der Waals surface area contributed by atoms with Gasteiger partial charge < -0.3 is 10.2 Å². The van der Waals surface area contributed by atoms with Crippen LogP contribution in [-0.4, -0.2) is 26.8 Å². The summed E-state index contributed by atoms with van der Waals surface area (Å²) in [6.07, 6.45) is -5.07. The van der Waals surface area contributed by atoms with Crippen molar-refractivity contribution in [3.63, 3.8) is 0 Å². The predicted molar refractivity (Wildman–Crippen MR) is 125 cm³/mol. The van der Waals surface area contributed by atoms with Crippen LogP contribution in [0.15, 0.2) is 77.7 Å². The van der Waals surface area contributed by atoms with Crippen LogP contribution in [-0.2, 0) is 25.6 Å². The molecular formula is C24H18ClF3N2O4S. The number of nitrogens with one attached hydrogen (secondary N) is 1. The molecule has 1 aliphatic heterocycles. The molecule has 0 fully saturated rings. The normalized spacial score (nSPS) is 17.4. The summed E-state index contributed by atoms with van der Waals surface area (Å²) in [4.78, 5) is 26.9. The fourth-order valence-electron chi connectivity index (χ4n) is 3.86. The number of hydrogen-bond donors (Lipinski definition) is 1. The zero-order valence-electron chi connectivity index (χ0n) is 17.9. The maximum atomic E-state index is 13.5. The Kier molecular flexibility index (Phi) is 6.61. The van der Waals surface area contributed by atoms with Gasteiger partial charge in [0, 0.05) is 6.42 Å². The van der Waals surface area contributed by atoms with Crippen molar-refractivity contribution in [3.05, 3.63) is 88.9 Å². The van der Waals surface area contributed by atoms with Crippen LogP contribution in [0.25, 0.3) is 0 Å². The monoisotopic (exact) mass is 522 g/mol. The lowest BCUT2D eigenvalue weighted by Gasteiger charge is -2.22. The molecule has 4 rings (SSSR count). The van der Waals surface area contributed by atoms with Crippen molar-refractivity contribution in [1.82, 2.24) is 0 Å². The van der Waals surface area contributed by atoms with Gasteiger partial charge in [0.25, 0.3) is 0 Å². The number of sulfone groups is 1. The number of alkyl halides is 3. The third-order valence-corrected chi connectivity index (χ3v) is 8.01. The number of fused-ring (bicyclic) bond motifs is 1. The average Bonchev–Trinajstić information content (AvgIpc) is 2.89. The molecule has 3 aromatic carbocycles. The van der Waals surface area contributed by atoms with E-state index in [1.807, 2.05) is 0 Å². The van der Waals surface area contributed by atoms with Crippen LogP contribution in [0.1, 0.15) is 22.8 Å². The van der Waals surface area contributed by atoms with Crippen LogP contribution in [0.3, 0.4) is 0 Å². The Morgan fingerprint density at radius 1 is 1.03 bits per heavy atom. The van der Waals surface area contributed by atoms with E-state index in [1.165, 1.54) is 24.3 Å². The molecule has 0 aromatic heterocycles. The minimum absolute atomic E-state index is 0.0150. The van der Waals surface area contributed by atoms with E-state index in [9.17, 15) is 31.2 Å². The summed E-state index contributed by atoms with van der Waals surface area (Å²) in [6.45, 7) is -0.626. The van der Waals surface area contributed by atoms with Crippen LogP contribution in [0.5, 0.6) is 0 Å². The van der Waals surface area contributed by atoms with E-state index >= 15 is 0 Å². The van der Waals surface area contributed by atoms with Gasteiger partial charge in [-0.25, -0.2) is 8.42 Å². The van der Waals surface area contributed by atoms with Gasteiger partial charge in [-0.2, -0.15) is 13.2 Å². The number of nitrogens with zero attached hydrogens (tertiary/aromatic N) is 1. The van der Waals surface area contributed by atoms with E-state index < -0.39 is 51.6 Å². The number of anilines is 2. The topological polar surface area (TPSA) is 83.6 Å². The number of halogens is 4. The van der Waals surface area contributed by atoms with Crippen molar-refractivity contribution in [2.45, 2.75) is 22.7 Å². The standard InChI is InChI=1S/C24H18ClF3N2O4S/c25-17-11-10-16(24(26,27)28)12-18(17)29-22(31)14-30-19-8-4-5-9-20(19)35(33,34)21(13-23(30)32)15-6-2-1-3-7-15/h1-12,21H,13-14H2,(H,29,31). The van der Waals surface area contributed by atoms with Crippen molar-refractivity contribution in [3.8, 4) is 0 Å². The summed E-state index contributed by atoms with van der Waals surface area (Å²) in [6, 6.07) is 16.5. The van der Waals surface area contributed by atoms with Crippen LogP contribution in [0.4, 0.5) is 24.5 Å². The van der Waals surface area contributed by atoms with Gasteiger partial charge >= 0.3 is 6.18 Å². The number of carbonyl (C=O) groups is 2. The average molecular weight is 523 g/mol.